The summed E-state index contributed by atoms with van der Waals surface area (Å²) in [5.74, 6) is 0.149. The monoisotopic (exact) mass is 327 g/mol. The summed E-state index contributed by atoms with van der Waals surface area (Å²) in [6.07, 6.45) is 2.95. The third-order valence-corrected chi connectivity index (χ3v) is 4.21. The Morgan fingerprint density at radius 2 is 1.96 bits per heavy atom. The van der Waals surface area contributed by atoms with Crippen LogP contribution in [0.2, 0.25) is 0 Å². The fraction of sp³-hybridized carbons (Fsp3) is 0.333. The van der Waals surface area contributed by atoms with Gasteiger partial charge < -0.3 is 20.4 Å². The van der Waals surface area contributed by atoms with Crippen LogP contribution < -0.4 is 16.0 Å². The van der Waals surface area contributed by atoms with Gasteiger partial charge in [-0.05, 0) is 43.2 Å². The number of carbonyl (C=O) groups excluding carboxylic acids is 2. The van der Waals surface area contributed by atoms with Crippen LogP contribution in [0, 0.1) is 0 Å². The molecule has 1 saturated heterocycles. The van der Waals surface area contributed by atoms with Crippen molar-refractivity contribution >= 4 is 23.2 Å². The maximum Gasteiger partial charge on any atom is 0.291 e. The van der Waals surface area contributed by atoms with E-state index in [0.29, 0.717) is 11.3 Å². The average Bonchev–Trinajstić information content (AvgIpc) is 3.26. The van der Waals surface area contributed by atoms with Crippen molar-refractivity contribution in [2.24, 2.45) is 5.73 Å². The van der Waals surface area contributed by atoms with E-state index in [0.717, 1.165) is 43.8 Å². The van der Waals surface area contributed by atoms with E-state index in [1.165, 1.54) is 0 Å². The molecule has 2 aromatic rings. The highest BCUT2D eigenvalue weighted by molar-refractivity contribution is 6.05. The second-order valence-electron chi connectivity index (χ2n) is 5.86. The molecule has 1 aromatic carbocycles. The summed E-state index contributed by atoms with van der Waals surface area (Å²) >= 11 is 0. The highest BCUT2D eigenvalue weighted by atomic mass is 16.3. The number of nitrogens with zero attached hydrogens (tertiary/aromatic N) is 1. The minimum atomic E-state index is -0.523. The molecule has 0 aliphatic carbocycles. The molecule has 6 heteroatoms. The number of nitrogens with two attached hydrogens (primary N) is 1. The van der Waals surface area contributed by atoms with Crippen molar-refractivity contribution in [2.75, 3.05) is 23.3 Å². The number of benzene rings is 1. The zero-order valence-electron chi connectivity index (χ0n) is 13.7. The number of nitrogens with one attached hydrogen (secondary N) is 1. The van der Waals surface area contributed by atoms with Gasteiger partial charge in [0.25, 0.3) is 5.91 Å². The van der Waals surface area contributed by atoms with E-state index in [9.17, 15) is 9.59 Å². The first kappa shape index (κ1) is 16.1. The van der Waals surface area contributed by atoms with Crippen molar-refractivity contribution < 1.29 is 14.0 Å². The van der Waals surface area contributed by atoms with Gasteiger partial charge in [0.1, 0.15) is 5.76 Å². The number of amides is 2. The van der Waals surface area contributed by atoms with Crippen molar-refractivity contribution in [1.82, 2.24) is 0 Å². The Bertz CT molecular complexity index is 761. The van der Waals surface area contributed by atoms with Crippen molar-refractivity contribution in [3.63, 3.8) is 0 Å². The molecule has 0 saturated carbocycles. The molecule has 3 N–H and O–H groups in total. The normalized spacial score (nSPS) is 14.0. The molecule has 2 heterocycles. The number of rotatable bonds is 5. The summed E-state index contributed by atoms with van der Waals surface area (Å²) in [6, 6.07) is 8.59. The van der Waals surface area contributed by atoms with Gasteiger partial charge >= 0.3 is 0 Å². The number of carbonyl (C=O) groups is 2. The lowest BCUT2D eigenvalue weighted by Crippen LogP contribution is -2.22. The second kappa shape index (κ2) is 6.78. The molecule has 1 aromatic heterocycles. The Hall–Kier alpha value is -2.76. The Labute approximate surface area is 140 Å². The van der Waals surface area contributed by atoms with Gasteiger partial charge in [-0.25, -0.2) is 0 Å². The smallest absolute Gasteiger partial charge is 0.291 e. The largest absolute Gasteiger partial charge is 0.456 e. The molecule has 0 atom stereocenters. The topological polar surface area (TPSA) is 88.6 Å². The van der Waals surface area contributed by atoms with E-state index >= 15 is 0 Å². The van der Waals surface area contributed by atoms with E-state index in [1.54, 1.807) is 24.3 Å². The SMILES string of the molecule is CCc1ccc(C(=O)Nc2cc(C(N)=O)ccc2N2CCCC2)o1. The third kappa shape index (κ3) is 3.27. The predicted molar refractivity (Wildman–Crippen MR) is 92.4 cm³/mol. The first-order valence-electron chi connectivity index (χ1n) is 8.17. The van der Waals surface area contributed by atoms with E-state index in [4.69, 9.17) is 10.2 Å². The van der Waals surface area contributed by atoms with Gasteiger partial charge in [-0.1, -0.05) is 6.92 Å². The zero-order valence-corrected chi connectivity index (χ0v) is 13.7. The van der Waals surface area contributed by atoms with E-state index < -0.39 is 5.91 Å². The summed E-state index contributed by atoms with van der Waals surface area (Å²) in [4.78, 5) is 26.1. The van der Waals surface area contributed by atoms with Crippen LogP contribution >= 0.6 is 0 Å². The highest BCUT2D eigenvalue weighted by Crippen LogP contribution is 2.30. The first-order chi connectivity index (χ1) is 11.6. The summed E-state index contributed by atoms with van der Waals surface area (Å²) < 4.78 is 5.49. The van der Waals surface area contributed by atoms with Gasteiger partial charge in [0.15, 0.2) is 5.76 Å². The molecule has 0 unspecified atom stereocenters. The van der Waals surface area contributed by atoms with E-state index in [2.05, 4.69) is 10.2 Å². The minimum Gasteiger partial charge on any atom is -0.456 e. The third-order valence-electron chi connectivity index (χ3n) is 4.21. The zero-order chi connectivity index (χ0) is 17.1. The van der Waals surface area contributed by atoms with Gasteiger partial charge in [0.05, 0.1) is 11.4 Å². The molecule has 0 spiro atoms. The Morgan fingerprint density at radius 3 is 2.58 bits per heavy atom. The lowest BCUT2D eigenvalue weighted by molar-refractivity contribution is 0.0987. The number of anilines is 2. The molecule has 1 aliphatic heterocycles. The standard InChI is InChI=1S/C18H21N3O3/c1-2-13-6-8-16(24-13)18(23)20-14-11-12(17(19)22)5-7-15(14)21-9-3-4-10-21/h5-8,11H,2-4,9-10H2,1H3,(H2,19,22)(H,20,23). The number of aryl methyl sites for hydroxylation is 1. The summed E-state index contributed by atoms with van der Waals surface area (Å²) in [7, 11) is 0. The quantitative estimate of drug-likeness (QED) is 0.884. The maximum absolute atomic E-state index is 12.5. The predicted octanol–water partition coefficient (Wildman–Crippen LogP) is 2.79. The van der Waals surface area contributed by atoms with Crippen LogP contribution in [-0.4, -0.2) is 24.9 Å². The molecule has 126 valence electrons. The first-order valence-corrected chi connectivity index (χ1v) is 8.17. The van der Waals surface area contributed by atoms with Crippen LogP contribution in [0.3, 0.4) is 0 Å². The summed E-state index contributed by atoms with van der Waals surface area (Å²) in [5.41, 5.74) is 7.20. The summed E-state index contributed by atoms with van der Waals surface area (Å²) in [6.45, 7) is 3.82. The maximum atomic E-state index is 12.5. The van der Waals surface area contributed by atoms with Crippen LogP contribution in [0.5, 0.6) is 0 Å². The van der Waals surface area contributed by atoms with Crippen LogP contribution in [-0.2, 0) is 6.42 Å². The number of hydrogen-bond acceptors (Lipinski definition) is 4. The fourth-order valence-electron chi connectivity index (χ4n) is 2.90. The molecule has 0 bridgehead atoms. The van der Waals surface area contributed by atoms with Crippen LogP contribution in [0.25, 0.3) is 0 Å². The molecular formula is C18H21N3O3. The number of furan rings is 1. The van der Waals surface area contributed by atoms with Crippen molar-refractivity contribution in [1.29, 1.82) is 0 Å². The number of primary amides is 1. The molecular weight excluding hydrogens is 306 g/mol. The van der Waals surface area contributed by atoms with Crippen molar-refractivity contribution in [3.8, 4) is 0 Å². The molecule has 1 aliphatic rings. The Kier molecular flexibility index (Phi) is 4.55. The minimum absolute atomic E-state index is 0.253. The van der Waals surface area contributed by atoms with Gasteiger partial charge in [-0.2, -0.15) is 0 Å². The number of hydrogen-bond donors (Lipinski definition) is 2. The van der Waals surface area contributed by atoms with Crippen LogP contribution in [0.15, 0.2) is 34.7 Å². The summed E-state index contributed by atoms with van der Waals surface area (Å²) in [5, 5.41) is 2.85. The van der Waals surface area contributed by atoms with E-state index in [-0.39, 0.29) is 11.7 Å². The van der Waals surface area contributed by atoms with Crippen molar-refractivity contribution in [3.05, 3.63) is 47.4 Å². The molecule has 2 amide bonds. The lowest BCUT2D eigenvalue weighted by atomic mass is 10.1. The van der Waals surface area contributed by atoms with Crippen LogP contribution in [0.1, 0.15) is 46.4 Å². The Balaban J connectivity index is 1.90. The van der Waals surface area contributed by atoms with Gasteiger partial charge in [-0.15, -0.1) is 0 Å². The van der Waals surface area contributed by atoms with Gasteiger partial charge in [-0.3, -0.25) is 9.59 Å². The molecule has 0 radical (unpaired) electrons. The fourth-order valence-corrected chi connectivity index (χ4v) is 2.90. The molecule has 1 fully saturated rings. The molecule has 3 rings (SSSR count). The van der Waals surface area contributed by atoms with Gasteiger partial charge in [0.2, 0.25) is 5.91 Å². The van der Waals surface area contributed by atoms with Gasteiger partial charge in [0, 0.05) is 25.1 Å². The molecule has 24 heavy (non-hydrogen) atoms. The molecule has 6 nitrogen and oxygen atoms in total. The van der Waals surface area contributed by atoms with Crippen LogP contribution in [0.4, 0.5) is 11.4 Å². The highest BCUT2D eigenvalue weighted by Gasteiger charge is 2.20. The Morgan fingerprint density at radius 1 is 1.21 bits per heavy atom. The second-order valence-corrected chi connectivity index (χ2v) is 5.86. The lowest BCUT2D eigenvalue weighted by Gasteiger charge is -2.22. The van der Waals surface area contributed by atoms with Crippen molar-refractivity contribution in [2.45, 2.75) is 26.2 Å². The van der Waals surface area contributed by atoms with E-state index in [1.807, 2.05) is 13.0 Å². The average molecular weight is 327 g/mol.